The Bertz CT molecular complexity index is 1600. The number of H-pyrrole nitrogens is 1. The molecule has 38 heavy (non-hydrogen) atoms. The predicted octanol–water partition coefficient (Wildman–Crippen LogP) is 8.15. The van der Waals surface area contributed by atoms with E-state index in [4.69, 9.17) is 14.2 Å². The summed E-state index contributed by atoms with van der Waals surface area (Å²) in [5.41, 5.74) is 4.75. The van der Waals surface area contributed by atoms with Crippen molar-refractivity contribution in [2.24, 2.45) is 0 Å². The number of hydrogen-bond acceptors (Lipinski definition) is 4. The number of aromatic amines is 1. The quantitative estimate of drug-likeness (QED) is 0.155. The zero-order valence-electron chi connectivity index (χ0n) is 21.8. The molecule has 4 aromatic carbocycles. The van der Waals surface area contributed by atoms with E-state index >= 15 is 0 Å². The van der Waals surface area contributed by atoms with Gasteiger partial charge < -0.3 is 24.3 Å². The molecule has 6 nitrogen and oxygen atoms in total. The summed E-state index contributed by atoms with van der Waals surface area (Å²) in [6.45, 7) is 6.54. The van der Waals surface area contributed by atoms with Crippen molar-refractivity contribution >= 4 is 27.8 Å². The third kappa shape index (κ3) is 5.30. The van der Waals surface area contributed by atoms with Crippen molar-refractivity contribution in [2.45, 2.75) is 39.7 Å². The van der Waals surface area contributed by atoms with Crippen LogP contribution in [0.1, 0.15) is 31.4 Å². The lowest BCUT2D eigenvalue weighted by molar-refractivity contribution is 0.142. The van der Waals surface area contributed by atoms with Crippen LogP contribution in [0.15, 0.2) is 78.9 Å². The van der Waals surface area contributed by atoms with Crippen LogP contribution in [0.5, 0.6) is 17.4 Å². The van der Waals surface area contributed by atoms with Gasteiger partial charge in [0.05, 0.1) is 18.2 Å². The second-order valence-electron chi connectivity index (χ2n) is 9.60. The molecule has 194 valence electrons. The Balaban J connectivity index is 1.42. The van der Waals surface area contributed by atoms with Gasteiger partial charge in [0, 0.05) is 21.9 Å². The van der Waals surface area contributed by atoms with Crippen molar-refractivity contribution in [2.75, 3.05) is 6.61 Å². The maximum Gasteiger partial charge on any atom is 0.512 e. The monoisotopic (exact) mass is 509 g/mol. The number of carbonyl (C=O) groups is 1. The van der Waals surface area contributed by atoms with Gasteiger partial charge in [-0.1, -0.05) is 60.7 Å². The molecule has 0 spiro atoms. The Labute approximate surface area is 221 Å². The fraction of sp³-hybridized carbons (Fsp3) is 0.219. The number of hydrogen-bond donors (Lipinski definition) is 2. The molecule has 6 heteroatoms. The lowest BCUT2D eigenvalue weighted by atomic mass is 9.97. The average molecular weight is 510 g/mol. The normalized spacial score (nSPS) is 11.3. The van der Waals surface area contributed by atoms with Crippen LogP contribution in [0, 0.1) is 6.92 Å². The fourth-order valence-corrected chi connectivity index (χ4v) is 4.93. The smallest absolute Gasteiger partial charge is 0.493 e. The van der Waals surface area contributed by atoms with Crippen molar-refractivity contribution in [1.82, 2.24) is 4.98 Å². The molecule has 5 aromatic rings. The molecule has 0 aliphatic rings. The highest BCUT2D eigenvalue weighted by molar-refractivity contribution is 5.98. The lowest BCUT2D eigenvalue weighted by Gasteiger charge is -2.13. The van der Waals surface area contributed by atoms with E-state index in [1.165, 1.54) is 0 Å². The minimum atomic E-state index is -1.35. The molecular formula is C32H31NO5. The minimum absolute atomic E-state index is 0.0926. The van der Waals surface area contributed by atoms with Gasteiger partial charge in [0.1, 0.15) is 11.5 Å². The van der Waals surface area contributed by atoms with Gasteiger partial charge in [-0.2, -0.15) is 0 Å². The summed E-state index contributed by atoms with van der Waals surface area (Å²) in [5, 5.41) is 12.5. The number of fused-ring (bicyclic) bond motifs is 2. The van der Waals surface area contributed by atoms with Gasteiger partial charge in [0.15, 0.2) is 0 Å². The van der Waals surface area contributed by atoms with Crippen molar-refractivity contribution in [3.63, 3.8) is 0 Å². The van der Waals surface area contributed by atoms with Gasteiger partial charge in [-0.15, -0.1) is 0 Å². The molecule has 0 saturated heterocycles. The molecule has 0 bridgehead atoms. The van der Waals surface area contributed by atoms with Gasteiger partial charge in [-0.05, 0) is 68.3 Å². The first-order chi connectivity index (χ1) is 18.4. The van der Waals surface area contributed by atoms with Crippen molar-refractivity contribution in [3.8, 4) is 28.5 Å². The number of aryl methyl sites for hydroxylation is 2. The molecule has 0 fully saturated rings. The second-order valence-corrected chi connectivity index (χ2v) is 9.60. The number of carboxylic acid groups (broad SMARTS) is 1. The van der Waals surface area contributed by atoms with Gasteiger partial charge in [0.2, 0.25) is 5.88 Å². The van der Waals surface area contributed by atoms with Crippen LogP contribution in [0.2, 0.25) is 0 Å². The van der Waals surface area contributed by atoms with Gasteiger partial charge in [-0.25, -0.2) is 4.79 Å². The molecule has 0 saturated carbocycles. The van der Waals surface area contributed by atoms with Crippen molar-refractivity contribution in [3.05, 3.63) is 90.0 Å². The molecular weight excluding hydrogens is 478 g/mol. The van der Waals surface area contributed by atoms with E-state index in [0.717, 1.165) is 55.4 Å². The lowest BCUT2D eigenvalue weighted by Crippen LogP contribution is -2.06. The Morgan fingerprint density at radius 2 is 1.68 bits per heavy atom. The van der Waals surface area contributed by atoms with Crippen LogP contribution >= 0.6 is 0 Å². The summed E-state index contributed by atoms with van der Waals surface area (Å²) in [6, 6.07) is 26.2. The predicted molar refractivity (Wildman–Crippen MR) is 151 cm³/mol. The van der Waals surface area contributed by atoms with E-state index in [2.05, 4.69) is 17.1 Å². The average Bonchev–Trinajstić information content (AvgIpc) is 3.23. The Morgan fingerprint density at radius 1 is 0.921 bits per heavy atom. The zero-order chi connectivity index (χ0) is 26.6. The molecule has 1 heterocycles. The summed E-state index contributed by atoms with van der Waals surface area (Å²) in [5.74, 6) is 1.91. The van der Waals surface area contributed by atoms with Gasteiger partial charge in [-0.3, -0.25) is 0 Å². The number of rotatable bonds is 9. The number of nitrogens with one attached hydrogen (secondary N) is 1. The number of aromatic nitrogens is 1. The standard InChI is InChI=1S/C32H31NO5/c1-20(2)37-23-16-17-24(21(3)19-23)26-12-7-13-27-28(31(33-30(26)27)38-32(34)35)14-8-18-36-29-15-6-10-22-9-4-5-11-25(22)29/h4-7,9-13,15-17,19-20,33H,8,14,18H2,1-3H3,(H,34,35). The van der Waals surface area contributed by atoms with Crippen LogP contribution in [0.4, 0.5) is 4.79 Å². The number of benzene rings is 4. The first-order valence-electron chi connectivity index (χ1n) is 12.8. The summed E-state index contributed by atoms with van der Waals surface area (Å²) < 4.78 is 17.2. The summed E-state index contributed by atoms with van der Waals surface area (Å²) in [7, 11) is 0. The molecule has 0 amide bonds. The van der Waals surface area contributed by atoms with Gasteiger partial charge >= 0.3 is 6.16 Å². The van der Waals surface area contributed by atoms with E-state index in [1.54, 1.807) is 0 Å². The maximum atomic E-state index is 11.5. The third-order valence-electron chi connectivity index (χ3n) is 6.53. The molecule has 5 rings (SSSR count). The zero-order valence-corrected chi connectivity index (χ0v) is 21.8. The molecule has 2 N–H and O–H groups in total. The van der Waals surface area contributed by atoms with Crippen LogP contribution in [-0.4, -0.2) is 29.0 Å². The van der Waals surface area contributed by atoms with Gasteiger partial charge in [0.25, 0.3) is 0 Å². The second kappa shape index (κ2) is 10.9. The molecule has 0 atom stereocenters. The summed E-state index contributed by atoms with van der Waals surface area (Å²) in [6.07, 6.45) is 0.0286. The van der Waals surface area contributed by atoms with E-state index in [1.807, 2.05) is 87.5 Å². The Hall–Kier alpha value is -4.45. The highest BCUT2D eigenvalue weighted by atomic mass is 16.7. The molecule has 1 aromatic heterocycles. The van der Waals surface area contributed by atoms with E-state index in [-0.39, 0.29) is 12.0 Å². The van der Waals surface area contributed by atoms with Crippen LogP contribution in [0.25, 0.3) is 32.8 Å². The summed E-state index contributed by atoms with van der Waals surface area (Å²) >= 11 is 0. The number of ether oxygens (including phenoxy) is 3. The van der Waals surface area contributed by atoms with Crippen molar-refractivity contribution < 1.29 is 24.1 Å². The minimum Gasteiger partial charge on any atom is -0.493 e. The van der Waals surface area contributed by atoms with E-state index in [0.29, 0.717) is 19.4 Å². The first-order valence-corrected chi connectivity index (χ1v) is 12.8. The van der Waals surface area contributed by atoms with Crippen LogP contribution < -0.4 is 14.2 Å². The topological polar surface area (TPSA) is 80.8 Å². The van der Waals surface area contributed by atoms with Crippen LogP contribution in [0.3, 0.4) is 0 Å². The highest BCUT2D eigenvalue weighted by Crippen LogP contribution is 2.38. The van der Waals surface area contributed by atoms with E-state index in [9.17, 15) is 9.90 Å². The molecule has 0 aliphatic heterocycles. The third-order valence-corrected chi connectivity index (χ3v) is 6.53. The molecule has 0 radical (unpaired) electrons. The molecule has 0 aliphatic carbocycles. The first kappa shape index (κ1) is 25.2. The largest absolute Gasteiger partial charge is 0.512 e. The number of para-hydroxylation sites is 1. The Morgan fingerprint density at radius 3 is 2.47 bits per heavy atom. The van der Waals surface area contributed by atoms with Crippen LogP contribution in [-0.2, 0) is 6.42 Å². The highest BCUT2D eigenvalue weighted by Gasteiger charge is 2.19. The SMILES string of the molecule is Cc1cc(OC(C)C)ccc1-c1cccc2c(CCCOc3cccc4ccccc34)c(OC(=O)O)[nH]c12. The van der Waals surface area contributed by atoms with E-state index < -0.39 is 6.16 Å². The molecule has 0 unspecified atom stereocenters. The van der Waals surface area contributed by atoms with Crippen molar-refractivity contribution in [1.29, 1.82) is 0 Å². The summed E-state index contributed by atoms with van der Waals surface area (Å²) in [4.78, 5) is 14.7. The fourth-order valence-electron chi connectivity index (χ4n) is 4.93. The maximum absolute atomic E-state index is 11.5. The Kier molecular flexibility index (Phi) is 7.22.